The van der Waals surface area contributed by atoms with Gasteiger partial charge >= 0.3 is 0 Å². The average molecular weight is 256 g/mol. The van der Waals surface area contributed by atoms with E-state index < -0.39 is 0 Å². The van der Waals surface area contributed by atoms with E-state index in [4.69, 9.17) is 0 Å². The van der Waals surface area contributed by atoms with Crippen LogP contribution in [-0.2, 0) is 4.79 Å². The molecule has 2 N–H and O–H groups in total. The van der Waals surface area contributed by atoms with Crippen LogP contribution in [0.5, 0.6) is 0 Å². The van der Waals surface area contributed by atoms with E-state index in [1.165, 1.54) is 0 Å². The van der Waals surface area contributed by atoms with Gasteiger partial charge in [0.2, 0.25) is 5.91 Å². The van der Waals surface area contributed by atoms with Crippen LogP contribution in [0.2, 0.25) is 0 Å². The first-order chi connectivity index (χ1) is 8.76. The molecule has 0 bridgehead atoms. The second kappa shape index (κ2) is 9.30. The molecule has 0 saturated carbocycles. The Bertz CT molecular complexity index is 227. The van der Waals surface area contributed by atoms with Crippen molar-refractivity contribution >= 4 is 5.91 Å². The number of amides is 1. The van der Waals surface area contributed by atoms with E-state index in [0.717, 1.165) is 58.9 Å². The fraction of sp³-hybridized carbons (Fsp3) is 0.923. The zero-order chi connectivity index (χ0) is 13.2. The van der Waals surface area contributed by atoms with Gasteiger partial charge in [-0.25, -0.2) is 0 Å². The molecule has 0 radical (unpaired) electrons. The van der Waals surface area contributed by atoms with Crippen LogP contribution in [-0.4, -0.2) is 74.6 Å². The van der Waals surface area contributed by atoms with Crippen LogP contribution >= 0.6 is 0 Å². The van der Waals surface area contributed by atoms with Crippen LogP contribution < -0.4 is 10.6 Å². The van der Waals surface area contributed by atoms with Crippen molar-refractivity contribution in [3.05, 3.63) is 0 Å². The van der Waals surface area contributed by atoms with Gasteiger partial charge in [-0.2, -0.15) is 0 Å². The van der Waals surface area contributed by atoms with Crippen molar-refractivity contribution in [2.45, 2.75) is 20.3 Å². The van der Waals surface area contributed by atoms with Gasteiger partial charge in [-0.05, 0) is 13.1 Å². The van der Waals surface area contributed by atoms with Crippen LogP contribution in [0, 0.1) is 0 Å². The largest absolute Gasteiger partial charge is 0.355 e. The Morgan fingerprint density at radius 2 is 1.72 bits per heavy atom. The predicted molar refractivity (Wildman–Crippen MR) is 74.7 cm³/mol. The molecular weight excluding hydrogens is 228 g/mol. The van der Waals surface area contributed by atoms with Gasteiger partial charge in [0.1, 0.15) is 0 Å². The summed E-state index contributed by atoms with van der Waals surface area (Å²) in [7, 11) is 0. The summed E-state index contributed by atoms with van der Waals surface area (Å²) in [5.74, 6) is 0.172. The monoisotopic (exact) mass is 256 g/mol. The molecule has 5 heteroatoms. The number of hydrogen-bond acceptors (Lipinski definition) is 4. The van der Waals surface area contributed by atoms with Crippen LogP contribution in [0.3, 0.4) is 0 Å². The molecule has 18 heavy (non-hydrogen) atoms. The highest BCUT2D eigenvalue weighted by atomic mass is 16.1. The van der Waals surface area contributed by atoms with Crippen molar-refractivity contribution in [2.24, 2.45) is 0 Å². The minimum Gasteiger partial charge on any atom is -0.355 e. The molecule has 1 fully saturated rings. The lowest BCUT2D eigenvalue weighted by atomic mass is 10.3. The molecule has 1 aliphatic rings. The van der Waals surface area contributed by atoms with Gasteiger partial charge in [-0.15, -0.1) is 0 Å². The standard InChI is InChI=1S/C13H28N4O/c1-3-14-6-7-15-13(18)5-8-17-11-9-16(4-2)10-12-17/h14H,3-12H2,1-2H3,(H,15,18). The van der Waals surface area contributed by atoms with Gasteiger partial charge in [0.05, 0.1) is 0 Å². The molecule has 5 nitrogen and oxygen atoms in total. The molecule has 1 heterocycles. The summed E-state index contributed by atoms with van der Waals surface area (Å²) in [5.41, 5.74) is 0. The van der Waals surface area contributed by atoms with E-state index in [1.54, 1.807) is 0 Å². The third-order valence-corrected chi connectivity index (χ3v) is 3.44. The van der Waals surface area contributed by atoms with Crippen LogP contribution in [0.1, 0.15) is 20.3 Å². The number of nitrogens with one attached hydrogen (secondary N) is 2. The zero-order valence-corrected chi connectivity index (χ0v) is 11.9. The Hall–Kier alpha value is -0.650. The first-order valence-corrected chi connectivity index (χ1v) is 7.18. The molecule has 0 unspecified atom stereocenters. The highest BCUT2D eigenvalue weighted by Crippen LogP contribution is 2.01. The smallest absolute Gasteiger partial charge is 0.221 e. The summed E-state index contributed by atoms with van der Waals surface area (Å²) in [4.78, 5) is 16.4. The van der Waals surface area contributed by atoms with Crippen molar-refractivity contribution in [3.63, 3.8) is 0 Å². The van der Waals surface area contributed by atoms with Gasteiger partial charge in [0.25, 0.3) is 0 Å². The second-order valence-electron chi connectivity index (χ2n) is 4.73. The van der Waals surface area contributed by atoms with E-state index in [-0.39, 0.29) is 5.91 Å². The van der Waals surface area contributed by atoms with Gasteiger partial charge in [0, 0.05) is 52.2 Å². The van der Waals surface area contributed by atoms with Gasteiger partial charge in [-0.1, -0.05) is 13.8 Å². The van der Waals surface area contributed by atoms with Crippen molar-refractivity contribution in [2.75, 3.05) is 58.9 Å². The highest BCUT2D eigenvalue weighted by molar-refractivity contribution is 5.76. The molecule has 0 aromatic heterocycles. The number of rotatable bonds is 8. The van der Waals surface area contributed by atoms with Crippen LogP contribution in [0.4, 0.5) is 0 Å². The molecule has 1 aliphatic heterocycles. The summed E-state index contributed by atoms with van der Waals surface area (Å²) in [6.45, 7) is 13.3. The second-order valence-corrected chi connectivity index (χ2v) is 4.73. The number of hydrogen-bond donors (Lipinski definition) is 2. The van der Waals surface area contributed by atoms with Crippen LogP contribution in [0.25, 0.3) is 0 Å². The molecular formula is C13H28N4O. The molecule has 0 aromatic carbocycles. The van der Waals surface area contributed by atoms with E-state index >= 15 is 0 Å². The predicted octanol–water partition coefficient (Wildman–Crippen LogP) is -0.260. The Morgan fingerprint density at radius 3 is 2.33 bits per heavy atom. The minimum atomic E-state index is 0.172. The first-order valence-electron chi connectivity index (χ1n) is 7.18. The van der Waals surface area contributed by atoms with E-state index in [9.17, 15) is 4.79 Å². The molecule has 1 saturated heterocycles. The van der Waals surface area contributed by atoms with Gasteiger partial charge < -0.3 is 20.4 Å². The fourth-order valence-electron chi connectivity index (χ4n) is 2.14. The number of likely N-dealkylation sites (N-methyl/N-ethyl adjacent to an activating group) is 2. The van der Waals surface area contributed by atoms with E-state index in [1.807, 2.05) is 0 Å². The quantitative estimate of drug-likeness (QED) is 0.588. The van der Waals surface area contributed by atoms with E-state index in [2.05, 4.69) is 34.3 Å². The molecule has 0 aliphatic carbocycles. The summed E-state index contributed by atoms with van der Waals surface area (Å²) in [6, 6.07) is 0. The number of nitrogens with zero attached hydrogens (tertiary/aromatic N) is 2. The molecule has 0 aromatic rings. The molecule has 1 amide bonds. The topological polar surface area (TPSA) is 47.6 Å². The maximum atomic E-state index is 11.6. The molecule has 106 valence electrons. The molecule has 0 atom stereocenters. The maximum Gasteiger partial charge on any atom is 0.221 e. The van der Waals surface area contributed by atoms with Crippen molar-refractivity contribution in [1.82, 2.24) is 20.4 Å². The minimum absolute atomic E-state index is 0.172. The van der Waals surface area contributed by atoms with Crippen molar-refractivity contribution in [3.8, 4) is 0 Å². The van der Waals surface area contributed by atoms with Crippen molar-refractivity contribution in [1.29, 1.82) is 0 Å². The SMILES string of the molecule is CCNCCNC(=O)CCN1CCN(CC)CC1. The molecule has 1 rings (SSSR count). The van der Waals surface area contributed by atoms with Gasteiger partial charge in [0.15, 0.2) is 0 Å². The van der Waals surface area contributed by atoms with E-state index in [0.29, 0.717) is 6.42 Å². The number of carbonyl (C=O) groups is 1. The third kappa shape index (κ3) is 6.33. The zero-order valence-electron chi connectivity index (χ0n) is 11.9. The van der Waals surface area contributed by atoms with Crippen molar-refractivity contribution < 1.29 is 4.79 Å². The van der Waals surface area contributed by atoms with Gasteiger partial charge in [-0.3, -0.25) is 4.79 Å². The third-order valence-electron chi connectivity index (χ3n) is 3.44. The number of piperazine rings is 1. The number of carbonyl (C=O) groups excluding carboxylic acids is 1. The van der Waals surface area contributed by atoms with Crippen LogP contribution in [0.15, 0.2) is 0 Å². The summed E-state index contributed by atoms with van der Waals surface area (Å²) >= 11 is 0. The summed E-state index contributed by atoms with van der Waals surface area (Å²) in [6.07, 6.45) is 0.623. The lowest BCUT2D eigenvalue weighted by Gasteiger charge is -2.33. The normalized spacial score (nSPS) is 17.9. The Balaban J connectivity index is 2.01. The fourth-order valence-corrected chi connectivity index (χ4v) is 2.14. The Morgan fingerprint density at radius 1 is 1.06 bits per heavy atom. The Labute approximate surface area is 111 Å². The first kappa shape index (κ1) is 15.4. The molecule has 0 spiro atoms. The summed E-state index contributed by atoms with van der Waals surface area (Å²) < 4.78 is 0. The lowest BCUT2D eigenvalue weighted by molar-refractivity contribution is -0.121. The average Bonchev–Trinajstić information content (AvgIpc) is 2.42. The lowest BCUT2D eigenvalue weighted by Crippen LogP contribution is -2.47. The summed E-state index contributed by atoms with van der Waals surface area (Å²) in [5, 5.41) is 6.13. The Kier molecular flexibility index (Phi) is 7.96. The highest BCUT2D eigenvalue weighted by Gasteiger charge is 2.15. The maximum absolute atomic E-state index is 11.6.